The number of aryl methyl sites for hydroxylation is 2. The topological polar surface area (TPSA) is 99.6 Å². The first-order valence-corrected chi connectivity index (χ1v) is 15.9. The Bertz CT molecular complexity index is 1470. The number of benzene rings is 2. The van der Waals surface area contributed by atoms with Gasteiger partial charge in [-0.1, -0.05) is 31.2 Å². The molecule has 0 aromatic heterocycles. The third-order valence-electron chi connectivity index (χ3n) is 9.79. The number of likely N-dealkylation sites (tertiary alicyclic amines) is 1. The summed E-state index contributed by atoms with van der Waals surface area (Å²) in [7, 11) is 0. The van der Waals surface area contributed by atoms with Crippen LogP contribution in [0, 0.1) is 25.7 Å². The Morgan fingerprint density at radius 3 is 2.36 bits per heavy atom. The third kappa shape index (κ3) is 5.25. The molecule has 3 fully saturated rings. The number of hydrogen-bond donors (Lipinski definition) is 1. The lowest BCUT2D eigenvalue weighted by Gasteiger charge is -2.37. The van der Waals surface area contributed by atoms with Crippen LogP contribution in [0.4, 0.5) is 11.4 Å². The van der Waals surface area contributed by atoms with Crippen molar-refractivity contribution in [2.45, 2.75) is 64.2 Å². The predicted molar refractivity (Wildman–Crippen MR) is 174 cm³/mol. The van der Waals surface area contributed by atoms with E-state index in [0.29, 0.717) is 37.3 Å². The minimum Gasteiger partial charge on any atom is -0.494 e. The molecule has 1 spiro atoms. The van der Waals surface area contributed by atoms with E-state index in [2.05, 4.69) is 13.2 Å². The highest BCUT2D eigenvalue weighted by Crippen LogP contribution is 2.64. The number of anilines is 2. The van der Waals surface area contributed by atoms with Crippen molar-refractivity contribution in [2.24, 2.45) is 11.8 Å². The maximum absolute atomic E-state index is 14.8. The molecule has 2 bridgehead atoms. The van der Waals surface area contributed by atoms with Crippen molar-refractivity contribution in [2.75, 3.05) is 42.6 Å². The van der Waals surface area contributed by atoms with E-state index in [0.717, 1.165) is 16.8 Å². The van der Waals surface area contributed by atoms with Crippen molar-refractivity contribution in [3.8, 4) is 5.75 Å². The molecular weight excluding hydrogens is 570 g/mol. The van der Waals surface area contributed by atoms with Crippen molar-refractivity contribution in [1.82, 2.24) is 4.90 Å². The molecule has 0 saturated carbocycles. The van der Waals surface area contributed by atoms with Gasteiger partial charge in [0.25, 0.3) is 5.91 Å². The Hall–Kier alpha value is -3.95. The summed E-state index contributed by atoms with van der Waals surface area (Å²) in [6.07, 6.45) is 4.83. The normalized spacial score (nSPS) is 26.5. The van der Waals surface area contributed by atoms with Crippen LogP contribution in [0.5, 0.6) is 5.75 Å². The molecule has 9 nitrogen and oxygen atoms in total. The fourth-order valence-corrected chi connectivity index (χ4v) is 7.82. The Kier molecular flexibility index (Phi) is 9.23. The van der Waals surface area contributed by atoms with Crippen LogP contribution in [0.2, 0.25) is 0 Å². The highest BCUT2D eigenvalue weighted by molar-refractivity contribution is 6.07. The molecule has 1 N–H and O–H groups in total. The number of carbonyl (C=O) groups is 3. The van der Waals surface area contributed by atoms with E-state index in [4.69, 9.17) is 9.47 Å². The molecule has 45 heavy (non-hydrogen) atoms. The summed E-state index contributed by atoms with van der Waals surface area (Å²) in [5.41, 5.74) is 1.17. The molecule has 2 aromatic carbocycles. The first kappa shape index (κ1) is 32.4. The van der Waals surface area contributed by atoms with Crippen LogP contribution in [0.1, 0.15) is 44.2 Å². The van der Waals surface area contributed by atoms with Crippen LogP contribution in [-0.4, -0.2) is 77.8 Å². The van der Waals surface area contributed by atoms with E-state index in [1.165, 1.54) is 4.90 Å². The Balaban J connectivity index is 1.59. The summed E-state index contributed by atoms with van der Waals surface area (Å²) in [5, 5.41) is 10.1. The molecular formula is C36H45N3O6. The van der Waals surface area contributed by atoms with Gasteiger partial charge in [0.15, 0.2) is 0 Å². The average Bonchev–Trinajstić information content (AvgIpc) is 3.64. The largest absolute Gasteiger partial charge is 0.494 e. The second-order valence-electron chi connectivity index (χ2n) is 12.3. The number of carbonyl (C=O) groups excluding carboxylic acids is 3. The van der Waals surface area contributed by atoms with E-state index in [9.17, 15) is 19.5 Å². The molecule has 5 atom stereocenters. The predicted octanol–water partition coefficient (Wildman–Crippen LogP) is 4.59. The van der Waals surface area contributed by atoms with E-state index in [1.807, 2.05) is 70.2 Å². The number of hydrogen-bond acceptors (Lipinski definition) is 6. The molecule has 3 amide bonds. The summed E-state index contributed by atoms with van der Waals surface area (Å²) < 4.78 is 12.6. The minimum absolute atomic E-state index is 0.0408. The maximum atomic E-state index is 14.8. The van der Waals surface area contributed by atoms with E-state index < -0.39 is 29.1 Å². The smallest absolute Gasteiger partial charge is 0.253 e. The lowest BCUT2D eigenvalue weighted by Crippen LogP contribution is -2.57. The van der Waals surface area contributed by atoms with Gasteiger partial charge < -0.3 is 29.3 Å². The van der Waals surface area contributed by atoms with Gasteiger partial charge in [-0.2, -0.15) is 0 Å². The molecule has 0 aliphatic carbocycles. The van der Waals surface area contributed by atoms with E-state index in [1.54, 1.807) is 22.0 Å². The first-order chi connectivity index (χ1) is 21.6. The van der Waals surface area contributed by atoms with Crippen LogP contribution >= 0.6 is 0 Å². The first-order valence-electron chi connectivity index (χ1n) is 15.9. The maximum Gasteiger partial charge on any atom is 0.253 e. The van der Waals surface area contributed by atoms with Gasteiger partial charge >= 0.3 is 0 Å². The van der Waals surface area contributed by atoms with Gasteiger partial charge in [0.2, 0.25) is 11.8 Å². The molecule has 5 rings (SSSR count). The van der Waals surface area contributed by atoms with Crippen LogP contribution in [0.25, 0.3) is 0 Å². The van der Waals surface area contributed by atoms with E-state index in [-0.39, 0.29) is 44.0 Å². The van der Waals surface area contributed by atoms with Crippen molar-refractivity contribution >= 4 is 29.1 Å². The Morgan fingerprint density at radius 2 is 1.73 bits per heavy atom. The minimum atomic E-state index is -1.21. The third-order valence-corrected chi connectivity index (χ3v) is 9.79. The summed E-state index contributed by atoms with van der Waals surface area (Å²) in [6, 6.07) is 12.2. The summed E-state index contributed by atoms with van der Waals surface area (Å²) in [4.78, 5) is 48.7. The van der Waals surface area contributed by atoms with Gasteiger partial charge in [0.1, 0.15) is 17.4 Å². The van der Waals surface area contributed by atoms with Gasteiger partial charge in [0.05, 0.1) is 30.7 Å². The standard InChI is InChI=1S/C36H45N3O6/c1-7-19-37(26-13-15-27(16-14-26)44-10-4)32(41)29-30-33(42)39(21-22-40)31(36(30)18-17-35(29,9-3)45-36)34(43)38(20-8-2)28-23-24(5)11-12-25(28)6/h7-8,11-16,23,29-31,40H,1-2,9-10,17-22H2,3-6H3/t29-,30-,31?,35+,36?/m0/s1. The SMILES string of the molecule is C=CCN(C(=O)[C@@H]1[C@H]2C(=O)N(CCO)C(C(=O)N(CC=C)c3cc(C)ccc3C)C23CC[C@@]1(CC)O3)c1ccc(OCC)cc1. The summed E-state index contributed by atoms with van der Waals surface area (Å²) >= 11 is 0. The molecule has 9 heteroatoms. The molecule has 3 aliphatic heterocycles. The number of amides is 3. The van der Waals surface area contributed by atoms with Crippen molar-refractivity contribution in [3.63, 3.8) is 0 Å². The molecule has 3 saturated heterocycles. The molecule has 240 valence electrons. The molecule has 2 aromatic rings. The average molecular weight is 616 g/mol. The van der Waals surface area contributed by atoms with Gasteiger partial charge in [0, 0.05) is 31.0 Å². The number of β-amino-alcohol motifs (C(OH)–C–C–N with tert-alkyl or cyclic N) is 1. The zero-order valence-corrected chi connectivity index (χ0v) is 26.8. The Labute approximate surface area is 266 Å². The molecule has 2 unspecified atom stereocenters. The summed E-state index contributed by atoms with van der Waals surface area (Å²) in [5.74, 6) is -1.88. The van der Waals surface area contributed by atoms with Crippen LogP contribution < -0.4 is 14.5 Å². The van der Waals surface area contributed by atoms with Crippen molar-refractivity contribution in [1.29, 1.82) is 0 Å². The van der Waals surface area contributed by atoms with Crippen molar-refractivity contribution in [3.05, 3.63) is 78.9 Å². The zero-order chi connectivity index (χ0) is 32.5. The highest BCUT2D eigenvalue weighted by atomic mass is 16.5. The quantitative estimate of drug-likeness (QED) is 0.331. The number of aliphatic hydroxyl groups is 1. The summed E-state index contributed by atoms with van der Waals surface area (Å²) in [6.45, 7) is 16.2. The van der Waals surface area contributed by atoms with Crippen LogP contribution in [0.3, 0.4) is 0 Å². The zero-order valence-electron chi connectivity index (χ0n) is 26.8. The van der Waals surface area contributed by atoms with Gasteiger partial charge in [-0.3, -0.25) is 14.4 Å². The monoisotopic (exact) mass is 615 g/mol. The lowest BCUT2D eigenvalue weighted by atomic mass is 9.64. The number of ether oxygens (including phenoxy) is 2. The highest BCUT2D eigenvalue weighted by Gasteiger charge is 2.79. The van der Waals surface area contributed by atoms with Crippen molar-refractivity contribution < 1.29 is 29.0 Å². The fraction of sp³-hybridized carbons (Fsp3) is 0.472. The second-order valence-corrected chi connectivity index (χ2v) is 12.3. The lowest BCUT2D eigenvalue weighted by molar-refractivity contribution is -0.146. The number of nitrogens with zero attached hydrogens (tertiary/aromatic N) is 3. The fourth-order valence-electron chi connectivity index (χ4n) is 7.82. The van der Waals surface area contributed by atoms with Gasteiger partial charge in [-0.05, 0) is 81.5 Å². The molecule has 3 heterocycles. The second kappa shape index (κ2) is 12.8. The van der Waals surface area contributed by atoms with Crippen LogP contribution in [-0.2, 0) is 19.1 Å². The van der Waals surface area contributed by atoms with Crippen LogP contribution in [0.15, 0.2) is 67.8 Å². The number of aliphatic hydroxyl groups excluding tert-OH is 1. The molecule has 3 aliphatic rings. The van der Waals surface area contributed by atoms with Gasteiger partial charge in [-0.25, -0.2) is 0 Å². The molecule has 0 radical (unpaired) electrons. The Morgan fingerprint density at radius 1 is 1.04 bits per heavy atom. The van der Waals surface area contributed by atoms with Gasteiger partial charge in [-0.15, -0.1) is 13.2 Å². The number of fused-ring (bicyclic) bond motifs is 1. The van der Waals surface area contributed by atoms with E-state index >= 15 is 0 Å². The number of rotatable bonds is 13.